The van der Waals surface area contributed by atoms with Crippen LogP contribution in [0.4, 0.5) is 0 Å². The monoisotopic (exact) mass is 311 g/mol. The van der Waals surface area contributed by atoms with Gasteiger partial charge in [-0.2, -0.15) is 10.2 Å². The summed E-state index contributed by atoms with van der Waals surface area (Å²) in [6.45, 7) is 2.61. The third-order valence-electron chi connectivity index (χ3n) is 2.58. The van der Waals surface area contributed by atoms with E-state index in [1.165, 1.54) is 0 Å². The highest BCUT2D eigenvalue weighted by Gasteiger charge is 2.08. The van der Waals surface area contributed by atoms with Gasteiger partial charge in [-0.05, 0) is 22.9 Å². The van der Waals surface area contributed by atoms with Gasteiger partial charge in [0.05, 0.1) is 22.6 Å². The van der Waals surface area contributed by atoms with E-state index in [2.05, 4.69) is 31.4 Å². The number of amides is 1. The predicted octanol–water partition coefficient (Wildman–Crippen LogP) is 1.00. The number of nitrogens with zero attached hydrogens (tertiary/aromatic N) is 4. The Morgan fingerprint density at radius 1 is 1.44 bits per heavy atom. The molecule has 0 atom stereocenters. The lowest BCUT2D eigenvalue weighted by atomic mass is 10.3. The second-order valence-electron chi connectivity index (χ2n) is 4.03. The molecule has 0 aromatic carbocycles. The number of carbonyl (C=O) groups is 1. The molecule has 6 nitrogen and oxygen atoms in total. The predicted molar refractivity (Wildman–Crippen MR) is 69.7 cm³/mol. The molecule has 2 aromatic heterocycles. The maximum Gasteiger partial charge on any atom is 0.242 e. The zero-order valence-corrected chi connectivity index (χ0v) is 11.8. The molecule has 7 heteroatoms. The first-order chi connectivity index (χ1) is 8.56. The molecule has 0 saturated carbocycles. The number of rotatable bonds is 4. The van der Waals surface area contributed by atoms with Crippen LogP contribution in [0.25, 0.3) is 0 Å². The lowest BCUT2D eigenvalue weighted by Crippen LogP contribution is -2.27. The number of halogens is 1. The van der Waals surface area contributed by atoms with Crippen LogP contribution in [0.15, 0.2) is 23.1 Å². The van der Waals surface area contributed by atoms with Crippen LogP contribution in [0.5, 0.6) is 0 Å². The summed E-state index contributed by atoms with van der Waals surface area (Å²) < 4.78 is 4.27. The largest absolute Gasteiger partial charge is 0.350 e. The lowest BCUT2D eigenvalue weighted by Gasteiger charge is -2.05. The van der Waals surface area contributed by atoms with Crippen molar-refractivity contribution in [3.05, 3.63) is 34.3 Å². The summed E-state index contributed by atoms with van der Waals surface area (Å²) in [4.78, 5) is 11.7. The Balaban J connectivity index is 1.87. The van der Waals surface area contributed by atoms with E-state index < -0.39 is 0 Å². The van der Waals surface area contributed by atoms with Gasteiger partial charge in [0.2, 0.25) is 5.91 Å². The van der Waals surface area contributed by atoms with E-state index in [1.54, 1.807) is 21.8 Å². The van der Waals surface area contributed by atoms with Crippen LogP contribution >= 0.6 is 15.9 Å². The molecule has 0 bridgehead atoms. The molecule has 18 heavy (non-hydrogen) atoms. The Kier molecular flexibility index (Phi) is 3.81. The molecular weight excluding hydrogens is 298 g/mol. The summed E-state index contributed by atoms with van der Waals surface area (Å²) in [6, 6.07) is 0. The lowest BCUT2D eigenvalue weighted by molar-refractivity contribution is -0.122. The molecular formula is C11H14BrN5O. The number of hydrogen-bond acceptors (Lipinski definition) is 3. The highest BCUT2D eigenvalue weighted by molar-refractivity contribution is 9.10. The Labute approximate surface area is 113 Å². The van der Waals surface area contributed by atoms with Gasteiger partial charge in [-0.15, -0.1) is 0 Å². The molecule has 96 valence electrons. The molecule has 0 saturated heterocycles. The van der Waals surface area contributed by atoms with Crippen molar-refractivity contribution in [1.29, 1.82) is 0 Å². The molecule has 2 aromatic rings. The maximum atomic E-state index is 11.7. The van der Waals surface area contributed by atoms with E-state index in [9.17, 15) is 4.79 Å². The van der Waals surface area contributed by atoms with Gasteiger partial charge in [-0.25, -0.2) is 0 Å². The third kappa shape index (κ3) is 2.98. The van der Waals surface area contributed by atoms with Crippen molar-refractivity contribution in [2.24, 2.45) is 7.05 Å². The fraction of sp³-hybridized carbons (Fsp3) is 0.364. The number of nitrogens with one attached hydrogen (secondary N) is 1. The van der Waals surface area contributed by atoms with Gasteiger partial charge in [-0.1, -0.05) is 0 Å². The first-order valence-corrected chi connectivity index (χ1v) is 6.27. The number of aromatic nitrogens is 4. The number of hydrogen-bond donors (Lipinski definition) is 1. The van der Waals surface area contributed by atoms with Crippen LogP contribution in [-0.4, -0.2) is 25.5 Å². The Morgan fingerprint density at radius 3 is 2.78 bits per heavy atom. The highest BCUT2D eigenvalue weighted by atomic mass is 79.9. The molecule has 0 fully saturated rings. The second kappa shape index (κ2) is 5.34. The van der Waals surface area contributed by atoms with E-state index >= 15 is 0 Å². The minimum Gasteiger partial charge on any atom is -0.350 e. The summed E-state index contributed by atoms with van der Waals surface area (Å²) in [7, 11) is 1.84. The van der Waals surface area contributed by atoms with Gasteiger partial charge in [-0.3, -0.25) is 14.2 Å². The molecule has 0 aliphatic rings. The van der Waals surface area contributed by atoms with Crippen molar-refractivity contribution in [2.75, 3.05) is 0 Å². The Morgan fingerprint density at radius 2 is 2.22 bits per heavy atom. The molecule has 0 aliphatic carbocycles. The molecule has 2 rings (SSSR count). The smallest absolute Gasteiger partial charge is 0.242 e. The first kappa shape index (κ1) is 12.8. The van der Waals surface area contributed by atoms with Gasteiger partial charge < -0.3 is 5.32 Å². The zero-order valence-electron chi connectivity index (χ0n) is 10.2. The Bertz CT molecular complexity index is 560. The minimum absolute atomic E-state index is 0.0717. The average Bonchev–Trinajstić information content (AvgIpc) is 2.88. The van der Waals surface area contributed by atoms with Gasteiger partial charge >= 0.3 is 0 Å². The van der Waals surface area contributed by atoms with Crippen LogP contribution in [0.3, 0.4) is 0 Å². The molecule has 2 heterocycles. The Hall–Kier alpha value is -1.63. The van der Waals surface area contributed by atoms with E-state index in [-0.39, 0.29) is 12.5 Å². The van der Waals surface area contributed by atoms with Crippen LogP contribution in [0.1, 0.15) is 11.3 Å². The number of carbonyl (C=O) groups excluding carboxylic acids is 1. The van der Waals surface area contributed by atoms with Crippen molar-refractivity contribution < 1.29 is 4.79 Å². The summed E-state index contributed by atoms with van der Waals surface area (Å²) in [5.74, 6) is -0.0717. The summed E-state index contributed by atoms with van der Waals surface area (Å²) in [5.41, 5.74) is 1.91. The number of aryl methyl sites for hydroxylation is 1. The van der Waals surface area contributed by atoms with E-state index in [0.29, 0.717) is 6.54 Å². The fourth-order valence-corrected chi connectivity index (χ4v) is 1.84. The normalized spacial score (nSPS) is 10.6. The van der Waals surface area contributed by atoms with Crippen molar-refractivity contribution in [2.45, 2.75) is 20.0 Å². The maximum absolute atomic E-state index is 11.7. The highest BCUT2D eigenvalue weighted by Crippen LogP contribution is 2.13. The van der Waals surface area contributed by atoms with E-state index in [1.807, 2.05) is 20.2 Å². The molecule has 0 unspecified atom stereocenters. The van der Waals surface area contributed by atoms with Gasteiger partial charge in [0, 0.05) is 25.4 Å². The quantitative estimate of drug-likeness (QED) is 0.916. The van der Waals surface area contributed by atoms with E-state index in [0.717, 1.165) is 15.7 Å². The summed E-state index contributed by atoms with van der Waals surface area (Å²) in [6.07, 6.45) is 5.29. The first-order valence-electron chi connectivity index (χ1n) is 5.48. The van der Waals surface area contributed by atoms with E-state index in [4.69, 9.17) is 0 Å². The van der Waals surface area contributed by atoms with Gasteiger partial charge in [0.15, 0.2) is 0 Å². The zero-order chi connectivity index (χ0) is 13.1. The second-order valence-corrected chi connectivity index (χ2v) is 4.89. The van der Waals surface area contributed by atoms with Crippen LogP contribution in [0.2, 0.25) is 0 Å². The van der Waals surface area contributed by atoms with Crippen molar-refractivity contribution >= 4 is 21.8 Å². The molecule has 0 radical (unpaired) electrons. The SMILES string of the molecule is Cc1c(Br)cnn1CC(=O)NCc1cnn(C)c1. The van der Waals surface area contributed by atoms with Crippen molar-refractivity contribution in [3.63, 3.8) is 0 Å². The van der Waals surface area contributed by atoms with Crippen LogP contribution in [0, 0.1) is 6.92 Å². The molecule has 0 aliphatic heterocycles. The standard InChI is InChI=1S/C11H14BrN5O/c1-8-10(12)5-15-17(8)7-11(18)13-3-9-4-14-16(2)6-9/h4-6H,3,7H2,1-2H3,(H,13,18). The topological polar surface area (TPSA) is 64.7 Å². The van der Waals surface area contributed by atoms with Crippen LogP contribution < -0.4 is 5.32 Å². The fourth-order valence-electron chi connectivity index (χ4n) is 1.54. The average molecular weight is 312 g/mol. The molecule has 0 spiro atoms. The summed E-state index contributed by atoms with van der Waals surface area (Å²) in [5, 5.41) is 11.0. The summed E-state index contributed by atoms with van der Waals surface area (Å²) >= 11 is 3.36. The van der Waals surface area contributed by atoms with Crippen molar-refractivity contribution in [1.82, 2.24) is 24.9 Å². The van der Waals surface area contributed by atoms with Crippen LogP contribution in [-0.2, 0) is 24.9 Å². The third-order valence-corrected chi connectivity index (χ3v) is 3.36. The van der Waals surface area contributed by atoms with Gasteiger partial charge in [0.25, 0.3) is 0 Å². The molecule has 1 N–H and O–H groups in total. The van der Waals surface area contributed by atoms with Gasteiger partial charge in [0.1, 0.15) is 6.54 Å². The molecule has 1 amide bonds. The minimum atomic E-state index is -0.0717. The van der Waals surface area contributed by atoms with Crippen molar-refractivity contribution in [3.8, 4) is 0 Å².